The van der Waals surface area contributed by atoms with Crippen molar-refractivity contribution in [3.63, 3.8) is 0 Å². The second kappa shape index (κ2) is 7.05. The molecule has 4 rings (SSSR count). The summed E-state index contributed by atoms with van der Waals surface area (Å²) < 4.78 is 40.5. The van der Waals surface area contributed by atoms with Crippen molar-refractivity contribution in [1.82, 2.24) is 14.6 Å². The van der Waals surface area contributed by atoms with E-state index in [2.05, 4.69) is 10.3 Å². The van der Waals surface area contributed by atoms with Gasteiger partial charge in [-0.1, -0.05) is 12.1 Å². The Labute approximate surface area is 156 Å². The molecular weight excluding hydrogens is 369 g/mol. The molecule has 2 heterocycles. The van der Waals surface area contributed by atoms with Crippen molar-refractivity contribution in [2.45, 2.75) is 10.9 Å². The van der Waals surface area contributed by atoms with Crippen molar-refractivity contribution >= 4 is 20.9 Å². The fraction of sp³-hybridized carbons (Fsp3) is 0.263. The van der Waals surface area contributed by atoms with Crippen molar-refractivity contribution in [2.75, 3.05) is 26.2 Å². The second-order valence-corrected chi connectivity index (χ2v) is 8.55. The van der Waals surface area contributed by atoms with Gasteiger partial charge >= 0.3 is 0 Å². The van der Waals surface area contributed by atoms with Gasteiger partial charge in [0.05, 0.1) is 11.5 Å². The minimum Gasteiger partial charge on any atom is -0.395 e. The number of piperazine rings is 1. The number of H-pyrrole nitrogens is 1. The van der Waals surface area contributed by atoms with E-state index in [0.29, 0.717) is 18.6 Å². The average Bonchev–Trinajstić information content (AvgIpc) is 3.11. The fourth-order valence-electron chi connectivity index (χ4n) is 3.43. The zero-order valence-corrected chi connectivity index (χ0v) is 15.3. The Balaban J connectivity index is 1.63. The predicted octanol–water partition coefficient (Wildman–Crippen LogP) is 1.93. The third-order valence-corrected chi connectivity index (χ3v) is 6.76. The molecule has 0 aliphatic carbocycles. The van der Waals surface area contributed by atoms with Crippen LogP contribution in [-0.4, -0.2) is 55.1 Å². The first-order chi connectivity index (χ1) is 13.0. The summed E-state index contributed by atoms with van der Waals surface area (Å²) in [6, 6.07) is 11.0. The molecule has 3 aromatic rings. The second-order valence-electron chi connectivity index (χ2n) is 6.61. The highest BCUT2D eigenvalue weighted by atomic mass is 32.2. The van der Waals surface area contributed by atoms with E-state index in [-0.39, 0.29) is 29.9 Å². The van der Waals surface area contributed by atoms with Crippen LogP contribution in [0.5, 0.6) is 0 Å². The lowest BCUT2D eigenvalue weighted by Crippen LogP contribution is -2.53. The molecule has 1 saturated heterocycles. The highest BCUT2D eigenvalue weighted by Crippen LogP contribution is 2.30. The van der Waals surface area contributed by atoms with Gasteiger partial charge < -0.3 is 15.4 Å². The third-order valence-electron chi connectivity index (χ3n) is 4.89. The van der Waals surface area contributed by atoms with Crippen LogP contribution in [0.3, 0.4) is 0 Å². The molecule has 1 aliphatic heterocycles. The van der Waals surface area contributed by atoms with Crippen LogP contribution in [0.4, 0.5) is 4.39 Å². The Bertz CT molecular complexity index is 1060. The number of aliphatic hydroxyl groups excluding tert-OH is 1. The van der Waals surface area contributed by atoms with E-state index < -0.39 is 10.0 Å². The van der Waals surface area contributed by atoms with E-state index in [9.17, 15) is 17.9 Å². The molecule has 3 N–H and O–H groups in total. The number of aliphatic hydroxyl groups is 1. The molecular formula is C19H20FN3O3S. The normalized spacial score (nSPS) is 18.8. The average molecular weight is 389 g/mol. The number of rotatable bonds is 4. The van der Waals surface area contributed by atoms with Gasteiger partial charge in [0, 0.05) is 48.3 Å². The Morgan fingerprint density at radius 3 is 2.70 bits per heavy atom. The van der Waals surface area contributed by atoms with Crippen molar-refractivity contribution in [3.8, 4) is 11.1 Å². The van der Waals surface area contributed by atoms with E-state index in [4.69, 9.17) is 0 Å². The molecule has 0 bridgehead atoms. The first-order valence-corrected chi connectivity index (χ1v) is 10.1. The van der Waals surface area contributed by atoms with Gasteiger partial charge in [0.2, 0.25) is 10.0 Å². The van der Waals surface area contributed by atoms with E-state index in [1.165, 1.54) is 16.4 Å². The van der Waals surface area contributed by atoms with Crippen LogP contribution < -0.4 is 5.32 Å². The Kier molecular flexibility index (Phi) is 4.73. The molecule has 27 heavy (non-hydrogen) atoms. The van der Waals surface area contributed by atoms with Crippen LogP contribution >= 0.6 is 0 Å². The van der Waals surface area contributed by atoms with Crippen LogP contribution in [0.2, 0.25) is 0 Å². The molecule has 0 amide bonds. The standard InChI is InChI=1S/C19H20FN3O3S/c20-14-3-6-17-18(10-22-19(17)9-14)13-1-4-16(5-2-13)27(25,26)23-8-7-21-15(11-23)12-24/h1-6,9-10,15,21-22,24H,7-8,11-12H2. The molecule has 0 saturated carbocycles. The zero-order chi connectivity index (χ0) is 19.0. The molecule has 142 valence electrons. The number of halogens is 1. The van der Waals surface area contributed by atoms with Gasteiger partial charge in [-0.2, -0.15) is 4.31 Å². The van der Waals surface area contributed by atoms with Crippen LogP contribution in [0, 0.1) is 5.82 Å². The number of nitrogens with zero attached hydrogens (tertiary/aromatic N) is 1. The van der Waals surface area contributed by atoms with Gasteiger partial charge in [-0.25, -0.2) is 12.8 Å². The molecule has 8 heteroatoms. The van der Waals surface area contributed by atoms with Gasteiger partial charge in [-0.3, -0.25) is 0 Å². The summed E-state index contributed by atoms with van der Waals surface area (Å²) in [7, 11) is -3.61. The zero-order valence-electron chi connectivity index (χ0n) is 14.5. The summed E-state index contributed by atoms with van der Waals surface area (Å²) in [4.78, 5) is 3.26. The summed E-state index contributed by atoms with van der Waals surface area (Å²) in [6.07, 6.45) is 1.79. The van der Waals surface area contributed by atoms with Gasteiger partial charge in [0.15, 0.2) is 0 Å². The van der Waals surface area contributed by atoms with Crippen LogP contribution in [0.25, 0.3) is 22.0 Å². The van der Waals surface area contributed by atoms with Gasteiger partial charge in [0.1, 0.15) is 5.82 Å². The highest BCUT2D eigenvalue weighted by molar-refractivity contribution is 7.89. The molecule has 1 aromatic heterocycles. The molecule has 1 atom stereocenters. The quantitative estimate of drug-likeness (QED) is 0.637. The lowest BCUT2D eigenvalue weighted by Gasteiger charge is -2.31. The molecule has 6 nitrogen and oxygen atoms in total. The summed E-state index contributed by atoms with van der Waals surface area (Å²) in [5.41, 5.74) is 2.43. The van der Waals surface area contributed by atoms with Crippen molar-refractivity contribution in [2.24, 2.45) is 0 Å². The molecule has 0 radical (unpaired) electrons. The molecule has 2 aromatic carbocycles. The molecule has 0 spiro atoms. The van der Waals surface area contributed by atoms with E-state index in [1.807, 2.05) is 0 Å². The number of sulfonamides is 1. The van der Waals surface area contributed by atoms with Crippen LogP contribution in [-0.2, 0) is 10.0 Å². The van der Waals surface area contributed by atoms with Crippen molar-refractivity contribution in [1.29, 1.82) is 0 Å². The number of nitrogens with one attached hydrogen (secondary N) is 2. The summed E-state index contributed by atoms with van der Waals surface area (Å²) in [5.74, 6) is -0.311. The summed E-state index contributed by atoms with van der Waals surface area (Å²) in [5, 5.41) is 13.2. The SMILES string of the molecule is O=S(=O)(c1ccc(-c2c[nH]c3cc(F)ccc23)cc1)N1CCNC(CO)C1. The Morgan fingerprint density at radius 2 is 1.96 bits per heavy atom. The maximum Gasteiger partial charge on any atom is 0.243 e. The lowest BCUT2D eigenvalue weighted by molar-refractivity contribution is 0.195. The van der Waals surface area contributed by atoms with E-state index >= 15 is 0 Å². The number of aromatic nitrogens is 1. The van der Waals surface area contributed by atoms with E-state index in [0.717, 1.165) is 16.5 Å². The summed E-state index contributed by atoms with van der Waals surface area (Å²) >= 11 is 0. The van der Waals surface area contributed by atoms with Crippen molar-refractivity contribution < 1.29 is 17.9 Å². The van der Waals surface area contributed by atoms with Crippen molar-refractivity contribution in [3.05, 3.63) is 54.5 Å². The first-order valence-electron chi connectivity index (χ1n) is 8.70. The number of fused-ring (bicyclic) bond motifs is 1. The Morgan fingerprint density at radius 1 is 1.19 bits per heavy atom. The predicted molar refractivity (Wildman–Crippen MR) is 101 cm³/mol. The van der Waals surface area contributed by atoms with Crippen LogP contribution in [0.1, 0.15) is 0 Å². The van der Waals surface area contributed by atoms with Gasteiger partial charge in [-0.15, -0.1) is 0 Å². The minimum absolute atomic E-state index is 0.105. The molecule has 1 unspecified atom stereocenters. The summed E-state index contributed by atoms with van der Waals surface area (Å²) in [6.45, 7) is 1.02. The third kappa shape index (κ3) is 3.37. The topological polar surface area (TPSA) is 85.4 Å². The maximum atomic E-state index is 13.4. The fourth-order valence-corrected chi connectivity index (χ4v) is 4.91. The smallest absolute Gasteiger partial charge is 0.243 e. The molecule has 1 fully saturated rings. The number of hydrogen-bond donors (Lipinski definition) is 3. The first kappa shape index (κ1) is 18.1. The van der Waals surface area contributed by atoms with Gasteiger partial charge in [0.25, 0.3) is 0 Å². The number of hydrogen-bond acceptors (Lipinski definition) is 4. The minimum atomic E-state index is -3.61. The Hall–Kier alpha value is -2.26. The maximum absolute atomic E-state index is 13.4. The number of aromatic amines is 1. The van der Waals surface area contributed by atoms with Crippen LogP contribution in [0.15, 0.2) is 53.6 Å². The molecule has 1 aliphatic rings. The monoisotopic (exact) mass is 389 g/mol. The number of benzene rings is 2. The largest absolute Gasteiger partial charge is 0.395 e. The van der Waals surface area contributed by atoms with Gasteiger partial charge in [-0.05, 0) is 35.9 Å². The lowest BCUT2D eigenvalue weighted by atomic mass is 10.1. The highest BCUT2D eigenvalue weighted by Gasteiger charge is 2.29. The van der Waals surface area contributed by atoms with E-state index in [1.54, 1.807) is 36.5 Å².